The van der Waals surface area contributed by atoms with Crippen LogP contribution in [0.4, 0.5) is 4.79 Å². The summed E-state index contributed by atoms with van der Waals surface area (Å²) in [7, 11) is 1.54. The number of nitrogens with one attached hydrogen (secondary N) is 2. The minimum absolute atomic E-state index is 0.0644. The molecule has 0 atom stereocenters. The van der Waals surface area contributed by atoms with Crippen molar-refractivity contribution in [3.8, 4) is 0 Å². The first-order chi connectivity index (χ1) is 13.0. The number of hydrogen-bond donors (Lipinski definition) is 2. The van der Waals surface area contributed by atoms with Gasteiger partial charge < -0.3 is 10.1 Å². The highest BCUT2D eigenvalue weighted by Crippen LogP contribution is 2.20. The van der Waals surface area contributed by atoms with Crippen molar-refractivity contribution in [2.75, 3.05) is 26.0 Å². The second kappa shape index (κ2) is 10.3. The molecule has 0 spiro atoms. The molecule has 2 N–H and O–H groups in total. The van der Waals surface area contributed by atoms with Crippen LogP contribution in [0.3, 0.4) is 0 Å². The van der Waals surface area contributed by atoms with Crippen molar-refractivity contribution in [3.63, 3.8) is 0 Å². The number of fused-ring (bicyclic) bond motifs is 1. The van der Waals surface area contributed by atoms with E-state index in [4.69, 9.17) is 16.3 Å². The summed E-state index contributed by atoms with van der Waals surface area (Å²) in [6.45, 7) is 3.01. The second-order valence-corrected chi connectivity index (χ2v) is 6.98. The van der Waals surface area contributed by atoms with E-state index in [9.17, 15) is 14.4 Å². The predicted octanol–water partition coefficient (Wildman–Crippen LogP) is 2.02. The van der Waals surface area contributed by atoms with Gasteiger partial charge in [-0.3, -0.25) is 19.5 Å². The third-order valence-corrected chi connectivity index (χ3v) is 4.73. The first-order valence-corrected chi connectivity index (χ1v) is 9.72. The smallest absolute Gasteiger partial charge is 0.321 e. The summed E-state index contributed by atoms with van der Waals surface area (Å²) in [5.41, 5.74) is 0.210. The molecule has 27 heavy (non-hydrogen) atoms. The number of aromatic nitrogens is 2. The Morgan fingerprint density at radius 3 is 2.85 bits per heavy atom. The summed E-state index contributed by atoms with van der Waals surface area (Å²) in [6, 6.07) is 4.30. The molecule has 0 bridgehead atoms. The monoisotopic (exact) mass is 412 g/mol. The average Bonchev–Trinajstić information content (AvgIpc) is 2.63. The highest BCUT2D eigenvalue weighted by Gasteiger charge is 2.14. The zero-order valence-corrected chi connectivity index (χ0v) is 16.7. The van der Waals surface area contributed by atoms with Crippen molar-refractivity contribution in [2.24, 2.45) is 0 Å². The number of urea groups is 1. The van der Waals surface area contributed by atoms with Crippen LogP contribution in [-0.2, 0) is 16.1 Å². The van der Waals surface area contributed by atoms with Crippen LogP contribution in [-0.4, -0.2) is 47.5 Å². The fourth-order valence-electron chi connectivity index (χ4n) is 2.24. The van der Waals surface area contributed by atoms with Crippen molar-refractivity contribution in [1.82, 2.24) is 20.2 Å². The molecule has 3 amide bonds. The van der Waals surface area contributed by atoms with Crippen LogP contribution in [0, 0.1) is 0 Å². The van der Waals surface area contributed by atoms with E-state index in [0.717, 1.165) is 18.2 Å². The van der Waals surface area contributed by atoms with Gasteiger partial charge in [-0.1, -0.05) is 30.3 Å². The van der Waals surface area contributed by atoms with Crippen LogP contribution in [0.15, 0.2) is 28.2 Å². The number of benzene rings is 1. The number of carbonyl (C=O) groups is 2. The molecule has 1 heterocycles. The number of halogens is 1. The Morgan fingerprint density at radius 2 is 2.15 bits per heavy atom. The van der Waals surface area contributed by atoms with Gasteiger partial charge in [0, 0.05) is 18.7 Å². The largest absolute Gasteiger partial charge is 0.383 e. The topological polar surface area (TPSA) is 102 Å². The van der Waals surface area contributed by atoms with E-state index in [2.05, 4.69) is 15.6 Å². The van der Waals surface area contributed by atoms with Gasteiger partial charge in [0.25, 0.3) is 5.56 Å². The second-order valence-electron chi connectivity index (χ2n) is 5.60. The lowest BCUT2D eigenvalue weighted by molar-refractivity contribution is -0.117. The van der Waals surface area contributed by atoms with Gasteiger partial charge in [0.2, 0.25) is 5.91 Å². The Labute approximate surface area is 165 Å². The number of hydrogen-bond acceptors (Lipinski definition) is 6. The number of nitrogens with zero attached hydrogens (tertiary/aromatic N) is 2. The van der Waals surface area contributed by atoms with E-state index in [0.29, 0.717) is 40.8 Å². The maximum absolute atomic E-state index is 12.8. The number of methoxy groups -OCH3 is 1. The first kappa shape index (κ1) is 21.2. The molecule has 0 saturated carbocycles. The molecule has 1 aromatic heterocycles. The molecular weight excluding hydrogens is 392 g/mol. The molecule has 2 aromatic rings. The molecular formula is C17H21ClN4O4S. The number of rotatable bonds is 8. The summed E-state index contributed by atoms with van der Waals surface area (Å²) >= 11 is 7.06. The standard InChI is InChI=1S/C17H21ClN4O4S/c1-3-6-19-16(25)21-14(23)10-27-17-20-13-9-11(18)4-5-12(13)15(24)22(17)7-8-26-2/h4-5,9H,3,6-8,10H2,1-2H3,(H2,19,21,23,25). The number of thioether (sulfide) groups is 1. The Morgan fingerprint density at radius 1 is 1.37 bits per heavy atom. The van der Waals surface area contributed by atoms with Gasteiger partial charge in [0.15, 0.2) is 5.16 Å². The lowest BCUT2D eigenvalue weighted by atomic mass is 10.2. The van der Waals surface area contributed by atoms with E-state index in [1.165, 1.54) is 11.7 Å². The Bertz CT molecular complexity index is 887. The van der Waals surface area contributed by atoms with Gasteiger partial charge in [0.1, 0.15) is 0 Å². The van der Waals surface area contributed by atoms with Crippen LogP contribution in [0.5, 0.6) is 0 Å². The van der Waals surface area contributed by atoms with Crippen molar-refractivity contribution < 1.29 is 14.3 Å². The van der Waals surface area contributed by atoms with Crippen LogP contribution in [0.2, 0.25) is 5.02 Å². The van der Waals surface area contributed by atoms with Crippen LogP contribution >= 0.6 is 23.4 Å². The summed E-state index contributed by atoms with van der Waals surface area (Å²) in [5, 5.41) is 6.05. The van der Waals surface area contributed by atoms with Crippen molar-refractivity contribution in [1.29, 1.82) is 0 Å². The number of ether oxygens (including phenoxy) is 1. The summed E-state index contributed by atoms with van der Waals surface area (Å²) in [6.07, 6.45) is 0.770. The molecule has 0 aliphatic heterocycles. The average molecular weight is 413 g/mol. The summed E-state index contributed by atoms with van der Waals surface area (Å²) < 4.78 is 6.51. The summed E-state index contributed by atoms with van der Waals surface area (Å²) in [5.74, 6) is -0.544. The molecule has 0 aliphatic carbocycles. The molecule has 0 aliphatic rings. The molecule has 0 saturated heterocycles. The molecule has 1 aromatic carbocycles. The van der Waals surface area contributed by atoms with Gasteiger partial charge >= 0.3 is 6.03 Å². The first-order valence-electron chi connectivity index (χ1n) is 8.35. The van der Waals surface area contributed by atoms with Crippen LogP contribution in [0.25, 0.3) is 10.9 Å². The number of imide groups is 1. The molecule has 0 unspecified atom stereocenters. The van der Waals surface area contributed by atoms with Crippen LogP contribution in [0.1, 0.15) is 13.3 Å². The fraction of sp³-hybridized carbons (Fsp3) is 0.412. The minimum atomic E-state index is -0.544. The lowest BCUT2D eigenvalue weighted by Gasteiger charge is -2.13. The predicted molar refractivity (Wildman–Crippen MR) is 105 cm³/mol. The maximum atomic E-state index is 12.8. The highest BCUT2D eigenvalue weighted by molar-refractivity contribution is 7.99. The van der Waals surface area contributed by atoms with Crippen molar-refractivity contribution in [2.45, 2.75) is 25.0 Å². The lowest BCUT2D eigenvalue weighted by Crippen LogP contribution is -2.40. The third-order valence-electron chi connectivity index (χ3n) is 3.52. The third kappa shape index (κ3) is 5.95. The minimum Gasteiger partial charge on any atom is -0.383 e. The Hall–Kier alpha value is -2.10. The molecule has 10 heteroatoms. The van der Waals surface area contributed by atoms with E-state index >= 15 is 0 Å². The molecule has 8 nitrogen and oxygen atoms in total. The summed E-state index contributed by atoms with van der Waals surface area (Å²) in [4.78, 5) is 40.7. The maximum Gasteiger partial charge on any atom is 0.321 e. The molecule has 2 rings (SSSR count). The zero-order valence-electron chi connectivity index (χ0n) is 15.1. The fourth-order valence-corrected chi connectivity index (χ4v) is 3.23. The number of carbonyl (C=O) groups excluding carboxylic acids is 2. The molecule has 146 valence electrons. The van der Waals surface area contributed by atoms with Crippen molar-refractivity contribution >= 4 is 46.2 Å². The molecule has 0 radical (unpaired) electrons. The molecule has 0 fully saturated rings. The highest BCUT2D eigenvalue weighted by atomic mass is 35.5. The SMILES string of the molecule is CCCNC(=O)NC(=O)CSc1nc2cc(Cl)ccc2c(=O)n1CCOC. The van der Waals surface area contributed by atoms with Gasteiger partial charge in [0.05, 0.1) is 29.8 Å². The van der Waals surface area contributed by atoms with E-state index in [1.807, 2.05) is 6.92 Å². The quantitative estimate of drug-likeness (QED) is 0.508. The Balaban J connectivity index is 2.21. The zero-order chi connectivity index (χ0) is 19.8. The van der Waals surface area contributed by atoms with Crippen LogP contribution < -0.4 is 16.2 Å². The van der Waals surface area contributed by atoms with Crippen molar-refractivity contribution in [3.05, 3.63) is 33.6 Å². The van der Waals surface area contributed by atoms with E-state index in [-0.39, 0.29) is 11.3 Å². The van der Waals surface area contributed by atoms with E-state index < -0.39 is 11.9 Å². The van der Waals surface area contributed by atoms with Gasteiger partial charge in [-0.2, -0.15) is 0 Å². The number of amides is 3. The Kier molecular flexibility index (Phi) is 8.08. The van der Waals surface area contributed by atoms with Gasteiger partial charge in [-0.25, -0.2) is 9.78 Å². The van der Waals surface area contributed by atoms with Gasteiger partial charge in [-0.05, 0) is 24.6 Å². The normalized spacial score (nSPS) is 10.8. The van der Waals surface area contributed by atoms with E-state index in [1.54, 1.807) is 18.2 Å². The van der Waals surface area contributed by atoms with Gasteiger partial charge in [-0.15, -0.1) is 0 Å².